The summed E-state index contributed by atoms with van der Waals surface area (Å²) >= 11 is 0. The van der Waals surface area contributed by atoms with E-state index in [1.807, 2.05) is 36.5 Å². The Balaban J connectivity index is 1.64. The maximum Gasteiger partial charge on any atom is 0.305 e. The minimum atomic E-state index is -0.269. The molecule has 0 saturated heterocycles. The van der Waals surface area contributed by atoms with E-state index in [1.54, 1.807) is 12.1 Å². The summed E-state index contributed by atoms with van der Waals surface area (Å²) in [5.74, 6) is 0.229. The van der Waals surface area contributed by atoms with Crippen molar-refractivity contribution < 1.29 is 18.7 Å². The first-order valence-corrected chi connectivity index (χ1v) is 9.77. The summed E-state index contributed by atoms with van der Waals surface area (Å²) in [4.78, 5) is 14.7. The fourth-order valence-electron chi connectivity index (χ4n) is 3.40. The van der Waals surface area contributed by atoms with Crippen LogP contribution < -0.4 is 4.74 Å². The third-order valence-corrected chi connectivity index (χ3v) is 5.06. The molecule has 4 aromatic rings. The molecule has 4 rings (SSSR count). The lowest BCUT2D eigenvalue weighted by Crippen LogP contribution is -2.02. The number of benzene rings is 3. The molecule has 0 radical (unpaired) electrons. The second-order valence-corrected chi connectivity index (χ2v) is 7.10. The first-order chi connectivity index (χ1) is 14.6. The fourth-order valence-corrected chi connectivity index (χ4v) is 3.40. The molecular weight excluding hydrogens is 381 g/mol. The molecule has 1 N–H and O–H groups in total. The van der Waals surface area contributed by atoms with E-state index >= 15 is 0 Å². The second kappa shape index (κ2) is 8.82. The Hall–Kier alpha value is -3.60. The summed E-state index contributed by atoms with van der Waals surface area (Å²) in [5.41, 5.74) is 4.95. The number of rotatable bonds is 7. The van der Waals surface area contributed by atoms with Crippen LogP contribution in [0.25, 0.3) is 22.0 Å². The summed E-state index contributed by atoms with van der Waals surface area (Å²) in [6, 6.07) is 20.4. The van der Waals surface area contributed by atoms with Gasteiger partial charge in [-0.2, -0.15) is 0 Å². The number of halogens is 1. The molecule has 0 atom stereocenters. The highest BCUT2D eigenvalue weighted by Crippen LogP contribution is 2.34. The molecule has 152 valence electrons. The maximum absolute atomic E-state index is 13.2. The largest absolute Gasteiger partial charge is 0.488 e. The summed E-state index contributed by atoms with van der Waals surface area (Å²) < 4.78 is 24.0. The van der Waals surface area contributed by atoms with Gasteiger partial charge in [0, 0.05) is 23.7 Å². The standard InChI is InChI=1S/C25H22FNO3/c1-29-25(28)11-5-17-4-10-24(30-16-18-2-7-21(26)8-3-18)22(14-17)19-6-9-23-20(15-19)12-13-27-23/h2-4,6-10,12-15,27H,5,11,16H2,1H3. The molecule has 5 heteroatoms. The zero-order chi connectivity index (χ0) is 20.9. The van der Waals surface area contributed by atoms with Crippen LogP contribution in [0.4, 0.5) is 4.39 Å². The van der Waals surface area contributed by atoms with Crippen molar-refractivity contribution in [2.75, 3.05) is 7.11 Å². The van der Waals surface area contributed by atoms with Crippen molar-refractivity contribution in [2.24, 2.45) is 0 Å². The van der Waals surface area contributed by atoms with Gasteiger partial charge < -0.3 is 14.5 Å². The average Bonchev–Trinajstić information content (AvgIpc) is 3.25. The van der Waals surface area contributed by atoms with Gasteiger partial charge in [-0.3, -0.25) is 4.79 Å². The van der Waals surface area contributed by atoms with Gasteiger partial charge in [0.05, 0.1) is 7.11 Å². The predicted molar refractivity (Wildman–Crippen MR) is 115 cm³/mol. The van der Waals surface area contributed by atoms with E-state index in [2.05, 4.69) is 17.1 Å². The van der Waals surface area contributed by atoms with Gasteiger partial charge in [0.1, 0.15) is 18.2 Å². The van der Waals surface area contributed by atoms with Crippen LogP contribution in [0.15, 0.2) is 72.9 Å². The second-order valence-electron chi connectivity index (χ2n) is 7.10. The van der Waals surface area contributed by atoms with Crippen molar-refractivity contribution in [1.82, 2.24) is 4.98 Å². The van der Waals surface area contributed by atoms with Gasteiger partial charge >= 0.3 is 5.97 Å². The van der Waals surface area contributed by atoms with Crippen LogP contribution in [0.3, 0.4) is 0 Å². The van der Waals surface area contributed by atoms with Crippen LogP contribution in [-0.2, 0) is 22.6 Å². The molecule has 4 nitrogen and oxygen atoms in total. The number of esters is 1. The number of carbonyl (C=O) groups excluding carboxylic acids is 1. The quantitative estimate of drug-likeness (QED) is 0.405. The normalized spacial score (nSPS) is 10.9. The number of carbonyl (C=O) groups is 1. The van der Waals surface area contributed by atoms with Crippen LogP contribution in [0.5, 0.6) is 5.75 Å². The van der Waals surface area contributed by atoms with E-state index in [-0.39, 0.29) is 11.8 Å². The van der Waals surface area contributed by atoms with Gasteiger partial charge in [0.2, 0.25) is 0 Å². The molecular formula is C25H22FNO3. The summed E-state index contributed by atoms with van der Waals surface area (Å²) in [7, 11) is 1.40. The van der Waals surface area contributed by atoms with Crippen LogP contribution in [0.2, 0.25) is 0 Å². The molecule has 0 amide bonds. The lowest BCUT2D eigenvalue weighted by Gasteiger charge is -2.14. The molecule has 0 unspecified atom stereocenters. The zero-order valence-corrected chi connectivity index (χ0v) is 16.7. The molecule has 0 bridgehead atoms. The van der Waals surface area contributed by atoms with Crippen LogP contribution >= 0.6 is 0 Å². The van der Waals surface area contributed by atoms with Gasteiger partial charge in [-0.05, 0) is 71.0 Å². The van der Waals surface area contributed by atoms with Crippen LogP contribution in [0.1, 0.15) is 17.5 Å². The minimum Gasteiger partial charge on any atom is -0.488 e. The lowest BCUT2D eigenvalue weighted by atomic mass is 9.98. The highest BCUT2D eigenvalue weighted by atomic mass is 19.1. The third-order valence-electron chi connectivity index (χ3n) is 5.06. The predicted octanol–water partition coefficient (Wildman–Crippen LogP) is 5.66. The topological polar surface area (TPSA) is 51.3 Å². The van der Waals surface area contributed by atoms with Crippen LogP contribution in [-0.4, -0.2) is 18.1 Å². The Morgan fingerprint density at radius 2 is 1.77 bits per heavy atom. The molecule has 1 heterocycles. The molecule has 0 aliphatic heterocycles. The number of methoxy groups -OCH3 is 1. The van der Waals surface area contributed by atoms with Crippen molar-refractivity contribution in [1.29, 1.82) is 0 Å². The third kappa shape index (κ3) is 4.51. The highest BCUT2D eigenvalue weighted by molar-refractivity contribution is 5.86. The number of H-pyrrole nitrogens is 1. The van der Waals surface area contributed by atoms with Gasteiger partial charge in [-0.25, -0.2) is 4.39 Å². The summed E-state index contributed by atoms with van der Waals surface area (Å²) in [5, 5.41) is 1.11. The Kier molecular flexibility index (Phi) is 5.80. The number of hydrogen-bond donors (Lipinski definition) is 1. The smallest absolute Gasteiger partial charge is 0.305 e. The van der Waals surface area contributed by atoms with Gasteiger partial charge in [-0.1, -0.05) is 24.3 Å². The Morgan fingerprint density at radius 1 is 0.967 bits per heavy atom. The van der Waals surface area contributed by atoms with E-state index in [4.69, 9.17) is 9.47 Å². The molecule has 3 aromatic carbocycles. The average molecular weight is 403 g/mol. The number of aromatic amines is 1. The van der Waals surface area contributed by atoms with Crippen molar-refractivity contribution in [2.45, 2.75) is 19.4 Å². The van der Waals surface area contributed by atoms with E-state index in [0.717, 1.165) is 38.9 Å². The number of fused-ring (bicyclic) bond motifs is 1. The molecule has 0 aliphatic rings. The zero-order valence-electron chi connectivity index (χ0n) is 16.7. The maximum atomic E-state index is 13.2. The van der Waals surface area contributed by atoms with Crippen molar-refractivity contribution >= 4 is 16.9 Å². The monoisotopic (exact) mass is 403 g/mol. The SMILES string of the molecule is COC(=O)CCc1ccc(OCc2ccc(F)cc2)c(-c2ccc3[nH]ccc3c2)c1. The Bertz CT molecular complexity index is 1160. The summed E-state index contributed by atoms with van der Waals surface area (Å²) in [6.07, 6.45) is 2.82. The van der Waals surface area contributed by atoms with E-state index in [9.17, 15) is 9.18 Å². The van der Waals surface area contributed by atoms with Crippen molar-refractivity contribution in [3.63, 3.8) is 0 Å². The Labute approximate surface area is 174 Å². The molecule has 0 aliphatic carbocycles. The number of nitrogens with one attached hydrogen (secondary N) is 1. The van der Waals surface area contributed by atoms with E-state index < -0.39 is 0 Å². The van der Waals surface area contributed by atoms with Crippen molar-refractivity contribution in [3.8, 4) is 16.9 Å². The van der Waals surface area contributed by atoms with E-state index in [0.29, 0.717) is 19.4 Å². The fraction of sp³-hybridized carbons (Fsp3) is 0.160. The van der Waals surface area contributed by atoms with E-state index in [1.165, 1.54) is 19.2 Å². The molecule has 1 aromatic heterocycles. The van der Waals surface area contributed by atoms with Gasteiger partial charge in [0.15, 0.2) is 0 Å². The first kappa shape index (κ1) is 19.7. The first-order valence-electron chi connectivity index (χ1n) is 9.77. The number of aromatic nitrogens is 1. The van der Waals surface area contributed by atoms with Gasteiger partial charge in [0.25, 0.3) is 0 Å². The molecule has 0 spiro atoms. The lowest BCUT2D eigenvalue weighted by molar-refractivity contribution is -0.140. The minimum absolute atomic E-state index is 0.234. The molecule has 0 saturated carbocycles. The Morgan fingerprint density at radius 3 is 2.57 bits per heavy atom. The number of ether oxygens (including phenoxy) is 2. The molecule has 0 fully saturated rings. The highest BCUT2D eigenvalue weighted by Gasteiger charge is 2.11. The molecule has 30 heavy (non-hydrogen) atoms. The van der Waals surface area contributed by atoms with Crippen molar-refractivity contribution in [3.05, 3.63) is 89.9 Å². The van der Waals surface area contributed by atoms with Gasteiger partial charge in [-0.15, -0.1) is 0 Å². The number of aryl methyl sites for hydroxylation is 1. The number of hydrogen-bond acceptors (Lipinski definition) is 3. The summed E-state index contributed by atoms with van der Waals surface area (Å²) in [6.45, 7) is 0.335. The van der Waals surface area contributed by atoms with Crippen LogP contribution in [0, 0.1) is 5.82 Å².